The highest BCUT2D eigenvalue weighted by Gasteiger charge is 2.18. The first-order chi connectivity index (χ1) is 15.8. The third kappa shape index (κ3) is 17.7. The first-order valence-corrected chi connectivity index (χ1v) is 13.4. The number of aliphatic carboxylic acids is 1. The Morgan fingerprint density at radius 3 is 1.24 bits per heavy atom. The van der Waals surface area contributed by atoms with E-state index >= 15 is 0 Å². The Morgan fingerprint density at radius 2 is 1.00 bits per heavy atom. The van der Waals surface area contributed by atoms with E-state index in [0.29, 0.717) is 0 Å². The maximum Gasteiger partial charge on any atom is 0.300 e. The van der Waals surface area contributed by atoms with Crippen LogP contribution in [0, 0.1) is 19.8 Å². The number of carboxylic acids is 1. The molecule has 178 valence electrons. The lowest BCUT2D eigenvalue weighted by molar-refractivity contribution is -0.134. The van der Waals surface area contributed by atoms with Crippen molar-refractivity contribution < 1.29 is 14.7 Å². The molecule has 0 aliphatic rings. The second kappa shape index (κ2) is 20.1. The smallest absolute Gasteiger partial charge is 0.300 e. The number of carbonyl (C=O) groups is 2. The van der Waals surface area contributed by atoms with Crippen molar-refractivity contribution in [1.29, 1.82) is 0 Å². The zero-order chi connectivity index (χ0) is 24.9. The van der Waals surface area contributed by atoms with E-state index in [1.54, 1.807) is 23.5 Å². The molecule has 0 heterocycles. The Labute approximate surface area is 208 Å². The van der Waals surface area contributed by atoms with Gasteiger partial charge in [0, 0.05) is 29.9 Å². The summed E-state index contributed by atoms with van der Waals surface area (Å²) in [5, 5.41) is 7.42. The van der Waals surface area contributed by atoms with E-state index in [-0.39, 0.29) is 11.7 Å². The SMILES string of the molecule is CC(=O)O.CSCC(CSC)C(=O)c1ccccc1.Cc1ccccc1.Cc1ccccc1. The molecule has 0 saturated heterocycles. The molecule has 0 bridgehead atoms. The van der Waals surface area contributed by atoms with E-state index in [4.69, 9.17) is 9.90 Å². The Kier molecular flexibility index (Phi) is 18.6. The summed E-state index contributed by atoms with van der Waals surface area (Å²) in [6, 6.07) is 30.1. The fraction of sp³-hybridized carbons (Fsp3) is 0.286. The van der Waals surface area contributed by atoms with E-state index in [1.165, 1.54) is 11.1 Å². The molecule has 0 spiro atoms. The number of hydrogen-bond donors (Lipinski definition) is 1. The Balaban J connectivity index is 0.000000472. The normalized spacial score (nSPS) is 9.27. The third-order valence-corrected chi connectivity index (χ3v) is 5.52. The van der Waals surface area contributed by atoms with Gasteiger partial charge in [0.15, 0.2) is 5.78 Å². The molecule has 0 amide bonds. The molecule has 5 heteroatoms. The minimum Gasteiger partial charge on any atom is -0.481 e. The molecule has 3 aromatic carbocycles. The van der Waals surface area contributed by atoms with Crippen molar-refractivity contribution in [3.8, 4) is 0 Å². The van der Waals surface area contributed by atoms with Crippen LogP contribution in [0.4, 0.5) is 0 Å². The van der Waals surface area contributed by atoms with Gasteiger partial charge in [-0.1, -0.05) is 102 Å². The maximum absolute atomic E-state index is 12.1. The van der Waals surface area contributed by atoms with Crippen LogP contribution in [0.15, 0.2) is 91.0 Å². The fourth-order valence-electron chi connectivity index (χ4n) is 2.51. The van der Waals surface area contributed by atoms with Crippen LogP contribution in [0.5, 0.6) is 0 Å². The molecule has 3 aromatic rings. The molecule has 0 atom stereocenters. The predicted octanol–water partition coefficient (Wildman–Crippen LogP) is 7.29. The van der Waals surface area contributed by atoms with Gasteiger partial charge in [0.05, 0.1) is 0 Å². The van der Waals surface area contributed by atoms with Crippen molar-refractivity contribution in [2.24, 2.45) is 5.92 Å². The van der Waals surface area contributed by atoms with Crippen LogP contribution in [-0.4, -0.2) is 40.9 Å². The lowest BCUT2D eigenvalue weighted by atomic mass is 10.0. The summed E-state index contributed by atoms with van der Waals surface area (Å²) in [7, 11) is 0. The summed E-state index contributed by atoms with van der Waals surface area (Å²) in [5.41, 5.74) is 3.48. The minimum absolute atomic E-state index is 0.150. The number of carboxylic acid groups (broad SMARTS) is 1. The summed E-state index contributed by atoms with van der Waals surface area (Å²) in [6.45, 7) is 5.25. The summed E-state index contributed by atoms with van der Waals surface area (Å²) in [6.07, 6.45) is 4.09. The molecule has 3 rings (SSSR count). The molecule has 3 nitrogen and oxygen atoms in total. The second-order valence-corrected chi connectivity index (χ2v) is 8.99. The van der Waals surface area contributed by atoms with Crippen LogP contribution < -0.4 is 0 Å². The van der Waals surface area contributed by atoms with E-state index in [2.05, 4.69) is 38.1 Å². The number of hydrogen-bond acceptors (Lipinski definition) is 4. The monoisotopic (exact) mass is 484 g/mol. The molecule has 33 heavy (non-hydrogen) atoms. The molecule has 0 aromatic heterocycles. The minimum atomic E-state index is -0.833. The fourth-order valence-corrected chi connectivity index (χ4v) is 4.00. The number of Topliss-reactive ketones (excluding diaryl/α,β-unsaturated/α-hetero) is 1. The van der Waals surface area contributed by atoms with Crippen LogP contribution in [0.25, 0.3) is 0 Å². The van der Waals surface area contributed by atoms with Gasteiger partial charge in [-0.3, -0.25) is 9.59 Å². The standard InChI is InChI=1S/C12H16OS2.2C7H8.C2H4O2/c1-14-8-11(9-15-2)12(13)10-6-4-3-5-7-10;2*1-7-5-3-2-4-6-7;1-2(3)4/h3-7,11H,8-9H2,1-2H3;2*2-6H,1H3;1H3,(H,3,4). The van der Waals surface area contributed by atoms with Crippen LogP contribution in [0.2, 0.25) is 0 Å². The highest BCUT2D eigenvalue weighted by molar-refractivity contribution is 7.99. The number of rotatable bonds is 6. The van der Waals surface area contributed by atoms with Crippen molar-refractivity contribution in [1.82, 2.24) is 0 Å². The van der Waals surface area contributed by atoms with Gasteiger partial charge in [0.2, 0.25) is 0 Å². The van der Waals surface area contributed by atoms with Crippen LogP contribution in [0.1, 0.15) is 28.4 Å². The first-order valence-electron chi connectivity index (χ1n) is 10.6. The third-order valence-electron chi connectivity index (χ3n) is 4.05. The first kappa shape index (κ1) is 30.5. The van der Waals surface area contributed by atoms with Crippen LogP contribution >= 0.6 is 23.5 Å². The Hall–Kier alpha value is -2.50. The van der Waals surface area contributed by atoms with Crippen molar-refractivity contribution in [3.63, 3.8) is 0 Å². The van der Waals surface area contributed by atoms with Crippen LogP contribution in [-0.2, 0) is 4.79 Å². The number of carbonyl (C=O) groups excluding carboxylic acids is 1. The van der Waals surface area contributed by atoms with Gasteiger partial charge in [-0.25, -0.2) is 0 Å². The Bertz CT molecular complexity index is 822. The van der Waals surface area contributed by atoms with Gasteiger partial charge in [0.1, 0.15) is 0 Å². The predicted molar refractivity (Wildman–Crippen MR) is 147 cm³/mol. The van der Waals surface area contributed by atoms with Crippen LogP contribution in [0.3, 0.4) is 0 Å². The number of ketones is 1. The summed E-state index contributed by atoms with van der Waals surface area (Å²) in [4.78, 5) is 21.1. The van der Waals surface area contributed by atoms with Gasteiger partial charge < -0.3 is 5.11 Å². The van der Waals surface area contributed by atoms with Crippen molar-refractivity contribution >= 4 is 35.3 Å². The lowest BCUT2D eigenvalue weighted by Crippen LogP contribution is -2.19. The average molecular weight is 485 g/mol. The van der Waals surface area contributed by atoms with Gasteiger partial charge in [0.25, 0.3) is 5.97 Å². The lowest BCUT2D eigenvalue weighted by Gasteiger charge is -2.12. The zero-order valence-corrected chi connectivity index (χ0v) is 21.9. The van der Waals surface area contributed by atoms with Crippen molar-refractivity contribution in [2.45, 2.75) is 20.8 Å². The van der Waals surface area contributed by atoms with E-state index in [0.717, 1.165) is 24.0 Å². The number of aryl methyl sites for hydroxylation is 2. The molecular weight excluding hydrogens is 448 g/mol. The molecular formula is C28H36O3S2. The number of benzene rings is 3. The van der Waals surface area contributed by atoms with Crippen molar-refractivity contribution in [2.75, 3.05) is 24.0 Å². The molecule has 0 radical (unpaired) electrons. The average Bonchev–Trinajstić information content (AvgIpc) is 2.81. The van der Waals surface area contributed by atoms with E-state index in [9.17, 15) is 4.79 Å². The topological polar surface area (TPSA) is 54.4 Å². The molecule has 0 saturated carbocycles. The summed E-state index contributed by atoms with van der Waals surface area (Å²) >= 11 is 3.48. The molecule has 0 aliphatic carbocycles. The van der Waals surface area contributed by atoms with Crippen molar-refractivity contribution in [3.05, 3.63) is 108 Å². The quantitative estimate of drug-likeness (QED) is 0.372. The van der Waals surface area contributed by atoms with Gasteiger partial charge in [-0.2, -0.15) is 23.5 Å². The zero-order valence-electron chi connectivity index (χ0n) is 20.2. The summed E-state index contributed by atoms with van der Waals surface area (Å²) in [5.74, 6) is 1.42. The summed E-state index contributed by atoms with van der Waals surface area (Å²) < 4.78 is 0. The molecule has 1 N–H and O–H groups in total. The largest absolute Gasteiger partial charge is 0.481 e. The molecule has 0 aliphatic heterocycles. The Morgan fingerprint density at radius 1 is 0.697 bits per heavy atom. The van der Waals surface area contributed by atoms with E-state index in [1.807, 2.05) is 79.2 Å². The highest BCUT2D eigenvalue weighted by atomic mass is 32.2. The highest BCUT2D eigenvalue weighted by Crippen LogP contribution is 2.17. The van der Waals surface area contributed by atoms with Gasteiger partial charge >= 0.3 is 0 Å². The molecule has 0 unspecified atom stereocenters. The number of thioether (sulfide) groups is 2. The molecule has 0 fully saturated rings. The second-order valence-electron chi connectivity index (χ2n) is 7.17. The maximum atomic E-state index is 12.1. The van der Waals surface area contributed by atoms with Gasteiger partial charge in [-0.05, 0) is 26.4 Å². The van der Waals surface area contributed by atoms with Gasteiger partial charge in [-0.15, -0.1) is 0 Å². The van der Waals surface area contributed by atoms with E-state index < -0.39 is 5.97 Å².